The Bertz CT molecular complexity index is 1130. The van der Waals surface area contributed by atoms with E-state index in [0.717, 1.165) is 50.9 Å². The van der Waals surface area contributed by atoms with E-state index in [1.807, 2.05) is 0 Å². The number of piperidine rings is 1. The highest BCUT2D eigenvalue weighted by molar-refractivity contribution is 5.90. The SMILES string of the molecule is CC(C)C1=CC2CC3(C=O)[C@@H]4CC[C@@H](C)[C@H]4CC2([C@H]2C[C@@H](C4CCCCC4)[C@H](CN(C)CCN4CCCCC4)O2)[C@]13C(=O)O. The predicted molar refractivity (Wildman–Crippen MR) is 173 cm³/mol. The number of ether oxygens (including phenoxy) is 1. The minimum atomic E-state index is -1.14. The van der Waals surface area contributed by atoms with Gasteiger partial charge < -0.3 is 24.4 Å². The Kier molecular flexibility index (Phi) is 8.39. The number of aldehydes is 1. The van der Waals surface area contributed by atoms with E-state index in [9.17, 15) is 14.7 Å². The van der Waals surface area contributed by atoms with Gasteiger partial charge in [-0.05, 0) is 100 Å². The lowest BCUT2D eigenvalue weighted by Crippen LogP contribution is -2.65. The Morgan fingerprint density at radius 1 is 1.07 bits per heavy atom. The van der Waals surface area contributed by atoms with Crippen molar-refractivity contribution in [2.24, 2.45) is 57.7 Å². The maximum absolute atomic E-state index is 14.1. The summed E-state index contributed by atoms with van der Waals surface area (Å²) < 4.78 is 7.44. The van der Waals surface area contributed by atoms with Crippen LogP contribution in [0.4, 0.5) is 0 Å². The lowest BCUT2D eigenvalue weighted by molar-refractivity contribution is -0.197. The molecule has 4 saturated carbocycles. The second-order valence-electron chi connectivity index (χ2n) is 17.0. The van der Waals surface area contributed by atoms with Crippen molar-refractivity contribution < 1.29 is 19.4 Å². The second kappa shape index (κ2) is 11.8. The Balaban J connectivity index is 1.24. The summed E-state index contributed by atoms with van der Waals surface area (Å²) >= 11 is 0. The molecule has 6 heteroatoms. The standard InChI is InChI=1S/C38H60N2O4/c1-25(2)32-19-28-21-36(24-41)31-14-13-26(3)30(31)22-37(28,38(32,36)35(42)43)34-20-29(27-11-7-5-8-12-27)33(44-34)23-39(4)17-18-40-15-9-6-10-16-40/h19,24-31,33-34H,5-18,20-23H2,1-4H3,(H,42,43)/t26-,28?,29+,30-,31-,33+,34-,36?,37?,38+/m1/s1. The number of carboxylic acid groups (broad SMARTS) is 1. The molecule has 5 aliphatic carbocycles. The van der Waals surface area contributed by atoms with Crippen molar-refractivity contribution in [3.63, 3.8) is 0 Å². The molecule has 3 unspecified atom stereocenters. The molecule has 1 N–H and O–H groups in total. The number of fused-ring (bicyclic) bond motifs is 2. The highest BCUT2D eigenvalue weighted by Gasteiger charge is 2.86. The number of hydrogen-bond donors (Lipinski definition) is 1. The molecule has 6 fully saturated rings. The molecule has 2 aliphatic heterocycles. The number of rotatable bonds is 10. The fraction of sp³-hybridized carbons (Fsp3) is 0.895. The highest BCUT2D eigenvalue weighted by atomic mass is 16.5. The first-order valence-electron chi connectivity index (χ1n) is 18.7. The third-order valence-corrected chi connectivity index (χ3v) is 14.9. The third kappa shape index (κ3) is 4.35. The summed E-state index contributed by atoms with van der Waals surface area (Å²) in [7, 11) is 2.27. The van der Waals surface area contributed by atoms with Gasteiger partial charge in [-0.1, -0.05) is 77.4 Å². The molecule has 4 bridgehead atoms. The van der Waals surface area contributed by atoms with Crippen LogP contribution in [0.25, 0.3) is 0 Å². The van der Waals surface area contributed by atoms with Crippen LogP contribution in [0.5, 0.6) is 0 Å². The highest BCUT2D eigenvalue weighted by Crippen LogP contribution is 2.84. The summed E-state index contributed by atoms with van der Waals surface area (Å²) in [6, 6.07) is 0. The summed E-state index contributed by atoms with van der Waals surface area (Å²) in [6.07, 6.45) is 18.8. The molecule has 2 saturated heterocycles. The van der Waals surface area contributed by atoms with Gasteiger partial charge in [0.15, 0.2) is 0 Å². The van der Waals surface area contributed by atoms with E-state index in [2.05, 4.69) is 43.7 Å². The number of likely N-dealkylation sites (N-methyl/N-ethyl adjacent to an activating group) is 1. The van der Waals surface area contributed by atoms with Crippen LogP contribution in [-0.2, 0) is 14.3 Å². The Morgan fingerprint density at radius 3 is 2.48 bits per heavy atom. The maximum atomic E-state index is 14.1. The van der Waals surface area contributed by atoms with Crippen LogP contribution in [0.2, 0.25) is 0 Å². The first-order chi connectivity index (χ1) is 21.2. The monoisotopic (exact) mass is 608 g/mol. The zero-order valence-corrected chi connectivity index (χ0v) is 28.1. The second-order valence-corrected chi connectivity index (χ2v) is 17.0. The molecule has 7 rings (SSSR count). The number of carbonyl (C=O) groups is 2. The van der Waals surface area contributed by atoms with Crippen LogP contribution >= 0.6 is 0 Å². The fourth-order valence-corrected chi connectivity index (χ4v) is 13.1. The number of allylic oxidation sites excluding steroid dienone is 1. The maximum Gasteiger partial charge on any atom is 0.315 e. The van der Waals surface area contributed by atoms with Crippen molar-refractivity contribution in [2.45, 2.75) is 116 Å². The number of likely N-dealkylation sites (tertiary alicyclic amines) is 1. The van der Waals surface area contributed by atoms with Gasteiger partial charge in [0.1, 0.15) is 11.7 Å². The molecule has 6 nitrogen and oxygen atoms in total. The zero-order valence-electron chi connectivity index (χ0n) is 28.1. The van der Waals surface area contributed by atoms with E-state index >= 15 is 0 Å². The zero-order chi connectivity index (χ0) is 30.9. The van der Waals surface area contributed by atoms with Crippen molar-refractivity contribution in [3.05, 3.63) is 11.6 Å². The van der Waals surface area contributed by atoms with E-state index in [0.29, 0.717) is 30.1 Å². The molecule has 0 spiro atoms. The molecule has 0 amide bonds. The van der Waals surface area contributed by atoms with Crippen LogP contribution in [0.15, 0.2) is 11.6 Å². The van der Waals surface area contributed by atoms with E-state index < -0.39 is 22.2 Å². The van der Waals surface area contributed by atoms with Gasteiger partial charge in [0.05, 0.1) is 17.6 Å². The summed E-state index contributed by atoms with van der Waals surface area (Å²) in [5.74, 6) is 1.77. The number of hydrogen-bond acceptors (Lipinski definition) is 5. The number of aliphatic carboxylic acids is 1. The minimum Gasteiger partial charge on any atom is -0.481 e. The molecule has 0 aromatic carbocycles. The van der Waals surface area contributed by atoms with Crippen molar-refractivity contribution in [1.29, 1.82) is 0 Å². The Morgan fingerprint density at radius 2 is 1.80 bits per heavy atom. The number of carboxylic acids is 1. The molecule has 0 aromatic heterocycles. The van der Waals surface area contributed by atoms with Gasteiger partial charge in [0.25, 0.3) is 0 Å². The summed E-state index contributed by atoms with van der Waals surface area (Å²) in [5.41, 5.74) is -1.42. The molecular weight excluding hydrogens is 548 g/mol. The van der Waals surface area contributed by atoms with Crippen LogP contribution in [0.3, 0.4) is 0 Å². The van der Waals surface area contributed by atoms with Crippen molar-refractivity contribution >= 4 is 12.3 Å². The smallest absolute Gasteiger partial charge is 0.315 e. The average molecular weight is 609 g/mol. The summed E-state index contributed by atoms with van der Waals surface area (Å²) in [4.78, 5) is 32.8. The lowest BCUT2D eigenvalue weighted by atomic mass is 9.41. The number of carbonyl (C=O) groups excluding carboxylic acids is 1. The lowest BCUT2D eigenvalue weighted by Gasteiger charge is -2.60. The molecule has 2 heterocycles. The minimum absolute atomic E-state index is 0.0981. The summed E-state index contributed by atoms with van der Waals surface area (Å²) in [6.45, 7) is 12.3. The topological polar surface area (TPSA) is 70.1 Å². The molecular formula is C38H60N2O4. The van der Waals surface area contributed by atoms with Gasteiger partial charge in [0.2, 0.25) is 0 Å². The number of nitrogens with zero attached hydrogens (tertiary/aromatic N) is 2. The third-order valence-electron chi connectivity index (χ3n) is 14.9. The Hall–Kier alpha value is -1.24. The molecule has 0 aromatic rings. The van der Waals surface area contributed by atoms with Crippen molar-refractivity contribution in [3.8, 4) is 0 Å². The van der Waals surface area contributed by atoms with Crippen LogP contribution < -0.4 is 0 Å². The first-order valence-corrected chi connectivity index (χ1v) is 18.7. The Labute approximate surface area is 266 Å². The largest absolute Gasteiger partial charge is 0.481 e. The quantitative estimate of drug-likeness (QED) is 0.220. The van der Waals surface area contributed by atoms with Gasteiger partial charge >= 0.3 is 5.97 Å². The molecule has 10 atom stereocenters. The van der Waals surface area contributed by atoms with Gasteiger partial charge in [-0.3, -0.25) is 4.79 Å². The first kappa shape index (κ1) is 31.4. The van der Waals surface area contributed by atoms with Gasteiger partial charge in [-0.15, -0.1) is 0 Å². The van der Waals surface area contributed by atoms with Crippen LogP contribution in [-0.4, -0.2) is 79.1 Å². The average Bonchev–Trinajstić information content (AvgIpc) is 3.74. The van der Waals surface area contributed by atoms with E-state index in [1.165, 1.54) is 70.7 Å². The summed E-state index contributed by atoms with van der Waals surface area (Å²) in [5, 5.41) is 11.6. The van der Waals surface area contributed by atoms with Crippen LogP contribution in [0, 0.1) is 57.7 Å². The molecule has 246 valence electrons. The molecule has 7 aliphatic rings. The van der Waals surface area contributed by atoms with Crippen LogP contribution in [0.1, 0.15) is 104 Å². The van der Waals surface area contributed by atoms with E-state index in [1.54, 1.807) is 0 Å². The predicted octanol–water partition coefficient (Wildman–Crippen LogP) is 6.68. The van der Waals surface area contributed by atoms with Gasteiger partial charge in [0, 0.05) is 25.0 Å². The fourth-order valence-electron chi connectivity index (χ4n) is 13.1. The van der Waals surface area contributed by atoms with Crippen molar-refractivity contribution in [2.75, 3.05) is 39.8 Å². The molecule has 0 radical (unpaired) electrons. The van der Waals surface area contributed by atoms with Gasteiger partial charge in [-0.2, -0.15) is 0 Å². The normalized spacial score (nSPS) is 45.7. The van der Waals surface area contributed by atoms with E-state index in [4.69, 9.17) is 4.74 Å². The molecule has 44 heavy (non-hydrogen) atoms. The van der Waals surface area contributed by atoms with Gasteiger partial charge in [-0.25, -0.2) is 0 Å². The van der Waals surface area contributed by atoms with Crippen molar-refractivity contribution in [1.82, 2.24) is 9.80 Å². The van der Waals surface area contributed by atoms with E-state index in [-0.39, 0.29) is 30.0 Å².